The number of benzene rings is 2. The van der Waals surface area contributed by atoms with Crippen LogP contribution in [0.4, 0.5) is 14.7 Å². The van der Waals surface area contributed by atoms with Gasteiger partial charge in [-0.2, -0.15) is 0 Å². The van der Waals surface area contributed by atoms with Crippen molar-refractivity contribution >= 4 is 45.5 Å². The van der Waals surface area contributed by atoms with Crippen molar-refractivity contribution in [3.8, 4) is 11.6 Å². The molecule has 3 aromatic heterocycles. The number of carboxylic acids is 1. The third kappa shape index (κ3) is 3.67. The highest BCUT2D eigenvalue weighted by atomic mass is 19.1. The highest BCUT2D eigenvalue weighted by Gasteiger charge is 2.33. The Morgan fingerprint density at radius 3 is 2.57 bits per heavy atom. The highest BCUT2D eigenvalue weighted by molar-refractivity contribution is 6.13. The molecule has 12 nitrogen and oxygen atoms in total. The second kappa shape index (κ2) is 8.67. The van der Waals surface area contributed by atoms with Gasteiger partial charge < -0.3 is 20.6 Å². The number of carbonyl (C=O) groups excluding carboxylic acids is 2. The fourth-order valence-corrected chi connectivity index (χ4v) is 3.95. The van der Waals surface area contributed by atoms with Crippen LogP contribution in [0.3, 0.4) is 0 Å². The largest absolute Gasteiger partial charge is 0.491 e. The molecule has 0 atom stereocenters. The van der Waals surface area contributed by atoms with Gasteiger partial charge in [0.1, 0.15) is 16.9 Å². The number of fused-ring (bicyclic) bond motifs is 2. The summed E-state index contributed by atoms with van der Waals surface area (Å²) in [7, 11) is 0.985. The summed E-state index contributed by atoms with van der Waals surface area (Å²) in [6.07, 6.45) is 2.73. The number of halogens is 2. The number of carbonyl (C=O) groups is 3. The monoisotopic (exact) mass is 507 g/mol. The lowest BCUT2D eigenvalue weighted by molar-refractivity contribution is 0.0690. The van der Waals surface area contributed by atoms with Gasteiger partial charge in [0.25, 0.3) is 11.8 Å². The third-order valence-corrected chi connectivity index (χ3v) is 5.47. The molecule has 0 bridgehead atoms. The summed E-state index contributed by atoms with van der Waals surface area (Å²) in [5, 5.41) is 12.6. The number of H-pyrrole nitrogens is 1. The number of rotatable bonds is 6. The van der Waals surface area contributed by atoms with Crippen LogP contribution in [0.2, 0.25) is 0 Å². The molecular weight excluding hydrogens is 492 g/mol. The molecule has 0 radical (unpaired) electrons. The van der Waals surface area contributed by atoms with E-state index >= 15 is 8.78 Å². The summed E-state index contributed by atoms with van der Waals surface area (Å²) in [6, 6.07) is 7.62. The van der Waals surface area contributed by atoms with Crippen LogP contribution in [-0.2, 0) is 0 Å². The maximum Gasteiger partial charge on any atom is 0.354 e. The molecule has 2 aromatic carbocycles. The standard InChI is InChI=1S/C23H15F2N7O5/c1-37-17-13(24)12(21(34)31-23-27-6-7-28-23)16-15(14(17)25)30-20(18(26)33)32(16)19-10-5-3-2-4-9(10)8-11(29-19)22(35)36/h2-8H,1H3,(H2,26,33)(H,35,36)(H2,27,28,31,34). The molecule has 14 heteroatoms. The molecule has 0 saturated carbocycles. The quantitative estimate of drug-likeness (QED) is 0.271. The van der Waals surface area contributed by atoms with E-state index in [2.05, 4.69) is 25.3 Å². The summed E-state index contributed by atoms with van der Waals surface area (Å²) in [4.78, 5) is 52.0. The van der Waals surface area contributed by atoms with Gasteiger partial charge in [0, 0.05) is 17.8 Å². The molecule has 0 saturated heterocycles. The van der Waals surface area contributed by atoms with E-state index in [1.54, 1.807) is 24.3 Å². The fraction of sp³-hybridized carbons (Fsp3) is 0.0435. The highest BCUT2D eigenvalue weighted by Crippen LogP contribution is 2.37. The van der Waals surface area contributed by atoms with Crippen molar-refractivity contribution in [1.29, 1.82) is 0 Å². The molecule has 0 spiro atoms. The van der Waals surface area contributed by atoms with Gasteiger partial charge in [0.2, 0.25) is 11.8 Å². The molecule has 37 heavy (non-hydrogen) atoms. The minimum absolute atomic E-state index is 0.0570. The van der Waals surface area contributed by atoms with E-state index in [0.29, 0.717) is 5.39 Å². The summed E-state index contributed by atoms with van der Waals surface area (Å²) in [5.41, 5.74) is 3.13. The summed E-state index contributed by atoms with van der Waals surface area (Å²) in [5.74, 6) is -8.29. The number of pyridine rings is 1. The van der Waals surface area contributed by atoms with E-state index in [0.717, 1.165) is 11.7 Å². The predicted octanol–water partition coefficient (Wildman–Crippen LogP) is 2.63. The second-order valence-corrected chi connectivity index (χ2v) is 7.62. The zero-order chi connectivity index (χ0) is 26.4. The number of hydrogen-bond donors (Lipinski definition) is 4. The smallest absolute Gasteiger partial charge is 0.354 e. The zero-order valence-corrected chi connectivity index (χ0v) is 18.7. The number of nitrogens with two attached hydrogens (primary N) is 1. The molecule has 5 aromatic rings. The number of primary amides is 1. The number of carboxylic acid groups (broad SMARTS) is 1. The van der Waals surface area contributed by atoms with E-state index in [-0.39, 0.29) is 17.2 Å². The normalized spacial score (nSPS) is 11.1. The number of imidazole rings is 2. The van der Waals surface area contributed by atoms with Gasteiger partial charge >= 0.3 is 5.97 Å². The first-order chi connectivity index (χ1) is 17.7. The minimum Gasteiger partial charge on any atom is -0.491 e. The lowest BCUT2D eigenvalue weighted by Gasteiger charge is -2.15. The van der Waals surface area contributed by atoms with Gasteiger partial charge in [0.05, 0.1) is 12.6 Å². The average molecular weight is 507 g/mol. The Balaban J connectivity index is 1.96. The van der Waals surface area contributed by atoms with Crippen LogP contribution >= 0.6 is 0 Å². The molecular formula is C23H15F2N7O5. The SMILES string of the molecule is COc1c(F)c(C(=O)Nc2ncc[nH]2)c2c(nc(C(N)=O)n2-c2nc(C(=O)O)cc3ccccc23)c1F. The number of hydrogen-bond acceptors (Lipinski definition) is 7. The first-order valence-electron chi connectivity index (χ1n) is 10.4. The Labute approximate surface area is 204 Å². The predicted molar refractivity (Wildman–Crippen MR) is 125 cm³/mol. The van der Waals surface area contributed by atoms with Crippen LogP contribution in [0.1, 0.15) is 31.5 Å². The van der Waals surface area contributed by atoms with E-state index < -0.39 is 63.3 Å². The van der Waals surface area contributed by atoms with Gasteiger partial charge in [-0.3, -0.25) is 19.5 Å². The van der Waals surface area contributed by atoms with Gasteiger partial charge in [-0.25, -0.2) is 28.5 Å². The fourth-order valence-electron chi connectivity index (χ4n) is 3.95. The molecule has 186 valence electrons. The van der Waals surface area contributed by atoms with Crippen molar-refractivity contribution in [3.05, 3.63) is 71.4 Å². The molecule has 5 N–H and O–H groups in total. The molecule has 0 aliphatic heterocycles. The first kappa shape index (κ1) is 23.3. The Hall–Kier alpha value is -5.40. The zero-order valence-electron chi connectivity index (χ0n) is 18.7. The number of amides is 2. The van der Waals surface area contributed by atoms with Crippen LogP contribution in [0.5, 0.6) is 5.75 Å². The van der Waals surface area contributed by atoms with Crippen LogP contribution in [-0.4, -0.2) is 54.5 Å². The van der Waals surface area contributed by atoms with E-state index in [9.17, 15) is 19.5 Å². The van der Waals surface area contributed by atoms with E-state index in [1.807, 2.05) is 0 Å². The van der Waals surface area contributed by atoms with Crippen molar-refractivity contribution in [1.82, 2.24) is 24.5 Å². The molecule has 0 fully saturated rings. The number of aromatic carboxylic acids is 1. The van der Waals surface area contributed by atoms with Crippen molar-refractivity contribution in [3.63, 3.8) is 0 Å². The maximum atomic E-state index is 15.6. The Morgan fingerprint density at radius 1 is 1.16 bits per heavy atom. The number of ether oxygens (including phenoxy) is 1. The van der Waals surface area contributed by atoms with Gasteiger partial charge in [-0.1, -0.05) is 24.3 Å². The summed E-state index contributed by atoms with van der Waals surface area (Å²) in [6.45, 7) is 0. The van der Waals surface area contributed by atoms with Crippen molar-refractivity contribution in [2.75, 3.05) is 12.4 Å². The van der Waals surface area contributed by atoms with Crippen LogP contribution in [0.25, 0.3) is 27.6 Å². The molecule has 3 heterocycles. The number of aromatic amines is 1. The Kier molecular flexibility index (Phi) is 5.47. The van der Waals surface area contributed by atoms with Crippen LogP contribution < -0.4 is 15.8 Å². The second-order valence-electron chi connectivity index (χ2n) is 7.62. The number of nitrogens with zero attached hydrogens (tertiary/aromatic N) is 4. The van der Waals surface area contributed by atoms with Crippen molar-refractivity contribution < 1.29 is 33.0 Å². The van der Waals surface area contributed by atoms with Crippen molar-refractivity contribution in [2.45, 2.75) is 0 Å². The minimum atomic E-state index is -1.41. The Morgan fingerprint density at radius 2 is 1.92 bits per heavy atom. The number of anilines is 1. The van der Waals surface area contributed by atoms with Gasteiger partial charge in [-0.05, 0) is 11.5 Å². The van der Waals surface area contributed by atoms with E-state index in [1.165, 1.54) is 18.5 Å². The number of nitrogens with one attached hydrogen (secondary N) is 2. The number of aromatic nitrogens is 5. The van der Waals surface area contributed by atoms with Gasteiger partial charge in [0.15, 0.2) is 23.1 Å². The van der Waals surface area contributed by atoms with E-state index in [4.69, 9.17) is 10.5 Å². The van der Waals surface area contributed by atoms with Crippen molar-refractivity contribution in [2.24, 2.45) is 5.73 Å². The van der Waals surface area contributed by atoms with Gasteiger partial charge in [-0.15, -0.1) is 0 Å². The first-order valence-corrected chi connectivity index (χ1v) is 10.4. The lowest BCUT2D eigenvalue weighted by Crippen LogP contribution is -2.21. The number of methoxy groups -OCH3 is 1. The van der Waals surface area contributed by atoms with Crippen LogP contribution in [0.15, 0.2) is 42.7 Å². The molecule has 0 aliphatic rings. The molecule has 0 aliphatic carbocycles. The molecule has 5 rings (SSSR count). The maximum absolute atomic E-state index is 15.6. The van der Waals surface area contributed by atoms with Crippen LogP contribution in [0, 0.1) is 11.6 Å². The lowest BCUT2D eigenvalue weighted by atomic mass is 10.1. The summed E-state index contributed by atoms with van der Waals surface area (Å²) >= 11 is 0. The Bertz CT molecular complexity index is 1750. The third-order valence-electron chi connectivity index (χ3n) is 5.47. The topological polar surface area (TPSA) is 178 Å². The average Bonchev–Trinajstić information content (AvgIpc) is 3.52. The molecule has 2 amide bonds. The molecule has 0 unspecified atom stereocenters. The summed E-state index contributed by atoms with van der Waals surface area (Å²) < 4.78 is 36.7.